The number of anilines is 1. The zero-order chi connectivity index (χ0) is 18.4. The Bertz CT molecular complexity index is 745. The van der Waals surface area contributed by atoms with E-state index in [9.17, 15) is 4.79 Å². The summed E-state index contributed by atoms with van der Waals surface area (Å²) in [5.41, 5.74) is 1.38. The topological polar surface area (TPSA) is 53.0 Å². The van der Waals surface area contributed by atoms with Gasteiger partial charge < -0.3 is 14.7 Å². The molecule has 2 aromatic carbocycles. The number of ether oxygens (including phenoxy) is 1. The van der Waals surface area contributed by atoms with Crippen LogP contribution in [0.1, 0.15) is 16.8 Å². The van der Waals surface area contributed by atoms with Gasteiger partial charge in [-0.15, -0.1) is 0 Å². The van der Waals surface area contributed by atoms with E-state index in [1.807, 2.05) is 18.2 Å². The molecule has 2 aromatic rings. The quantitative estimate of drug-likeness (QED) is 0.750. The van der Waals surface area contributed by atoms with Gasteiger partial charge in [-0.1, -0.05) is 29.8 Å². The standard InChI is InChI=1S/C20H23ClN2O3/c21-16-5-3-6-17(15-16)23-12-10-22(11-13-23)9-4-14-26-19-8-2-1-7-18(19)20(24)25/h1-3,5-8,15H,4,9-14H2,(H,24,25). The lowest BCUT2D eigenvalue weighted by Gasteiger charge is -2.36. The predicted molar refractivity (Wildman–Crippen MR) is 104 cm³/mol. The number of benzene rings is 2. The van der Waals surface area contributed by atoms with Crippen LogP contribution in [0.5, 0.6) is 5.75 Å². The maximum Gasteiger partial charge on any atom is 0.339 e. The van der Waals surface area contributed by atoms with Gasteiger partial charge in [0.2, 0.25) is 0 Å². The Balaban J connectivity index is 1.40. The predicted octanol–water partition coefficient (Wildman–Crippen LogP) is 3.63. The largest absolute Gasteiger partial charge is 0.493 e. The van der Waals surface area contributed by atoms with Crippen LogP contribution < -0.4 is 9.64 Å². The molecular formula is C20H23ClN2O3. The number of hydrogen-bond donors (Lipinski definition) is 1. The third-order valence-corrected chi connectivity index (χ3v) is 4.77. The van der Waals surface area contributed by atoms with Crippen LogP contribution in [0, 0.1) is 0 Å². The Morgan fingerprint density at radius 1 is 1.08 bits per heavy atom. The molecule has 0 bridgehead atoms. The van der Waals surface area contributed by atoms with E-state index in [-0.39, 0.29) is 5.56 Å². The van der Waals surface area contributed by atoms with Gasteiger partial charge in [0.15, 0.2) is 0 Å². The molecule has 1 heterocycles. The summed E-state index contributed by atoms with van der Waals surface area (Å²) < 4.78 is 5.66. The summed E-state index contributed by atoms with van der Waals surface area (Å²) in [6.07, 6.45) is 0.866. The van der Waals surface area contributed by atoms with Crippen LogP contribution in [-0.4, -0.2) is 55.3 Å². The molecule has 0 unspecified atom stereocenters. The van der Waals surface area contributed by atoms with Gasteiger partial charge in [0.25, 0.3) is 0 Å². The first-order valence-corrected chi connectivity index (χ1v) is 9.19. The lowest BCUT2D eigenvalue weighted by atomic mass is 10.2. The number of carboxylic acid groups (broad SMARTS) is 1. The van der Waals surface area contributed by atoms with Gasteiger partial charge >= 0.3 is 5.97 Å². The van der Waals surface area contributed by atoms with Gasteiger partial charge in [-0.3, -0.25) is 4.90 Å². The second kappa shape index (κ2) is 8.92. The van der Waals surface area contributed by atoms with Gasteiger partial charge in [-0.05, 0) is 36.8 Å². The molecule has 0 amide bonds. The van der Waals surface area contributed by atoms with Gasteiger partial charge in [-0.25, -0.2) is 4.79 Å². The van der Waals surface area contributed by atoms with Crippen LogP contribution in [0.25, 0.3) is 0 Å². The summed E-state index contributed by atoms with van der Waals surface area (Å²) in [5, 5.41) is 9.93. The number of halogens is 1. The van der Waals surface area contributed by atoms with E-state index in [1.54, 1.807) is 24.3 Å². The molecule has 1 aliphatic heterocycles. The third kappa shape index (κ3) is 4.90. The second-order valence-corrected chi connectivity index (χ2v) is 6.75. The molecule has 5 nitrogen and oxygen atoms in total. The van der Waals surface area contributed by atoms with Crippen molar-refractivity contribution in [1.82, 2.24) is 4.90 Å². The summed E-state index contributed by atoms with van der Waals surface area (Å²) >= 11 is 6.07. The molecule has 0 aromatic heterocycles. The van der Waals surface area contributed by atoms with E-state index in [1.165, 1.54) is 5.69 Å². The summed E-state index contributed by atoms with van der Waals surface area (Å²) in [7, 11) is 0. The first-order valence-electron chi connectivity index (χ1n) is 8.81. The molecule has 6 heteroatoms. The van der Waals surface area contributed by atoms with Gasteiger partial charge in [0.1, 0.15) is 11.3 Å². The zero-order valence-corrected chi connectivity index (χ0v) is 15.4. The second-order valence-electron chi connectivity index (χ2n) is 6.31. The van der Waals surface area contributed by atoms with Crippen LogP contribution in [0.15, 0.2) is 48.5 Å². The fourth-order valence-electron chi connectivity index (χ4n) is 3.14. The number of nitrogens with zero attached hydrogens (tertiary/aromatic N) is 2. The molecule has 0 aliphatic carbocycles. The van der Waals surface area contributed by atoms with Gasteiger partial charge in [-0.2, -0.15) is 0 Å². The fourth-order valence-corrected chi connectivity index (χ4v) is 3.33. The summed E-state index contributed by atoms with van der Waals surface area (Å²) in [5.74, 6) is -0.525. The minimum Gasteiger partial charge on any atom is -0.493 e. The number of carboxylic acids is 1. The number of rotatable bonds is 7. The number of para-hydroxylation sites is 1. The van der Waals surface area contributed by atoms with Crippen molar-refractivity contribution in [3.63, 3.8) is 0 Å². The normalized spacial score (nSPS) is 15.0. The average Bonchev–Trinajstić information content (AvgIpc) is 2.66. The molecule has 1 aliphatic rings. The SMILES string of the molecule is O=C(O)c1ccccc1OCCCN1CCN(c2cccc(Cl)c2)CC1. The lowest BCUT2D eigenvalue weighted by Crippen LogP contribution is -2.46. The van der Waals surface area contributed by atoms with E-state index < -0.39 is 5.97 Å². The molecule has 0 radical (unpaired) electrons. The van der Waals surface area contributed by atoms with Crippen molar-refractivity contribution in [3.8, 4) is 5.75 Å². The third-order valence-electron chi connectivity index (χ3n) is 4.54. The van der Waals surface area contributed by atoms with Crippen LogP contribution in [0.2, 0.25) is 5.02 Å². The zero-order valence-electron chi connectivity index (χ0n) is 14.6. The van der Waals surface area contributed by atoms with Crippen molar-refractivity contribution >= 4 is 23.3 Å². The molecule has 26 heavy (non-hydrogen) atoms. The highest BCUT2D eigenvalue weighted by Gasteiger charge is 2.17. The van der Waals surface area contributed by atoms with E-state index in [0.717, 1.165) is 44.2 Å². The Hall–Kier alpha value is -2.24. The average molecular weight is 375 g/mol. The number of carbonyl (C=O) groups is 1. The number of piperazine rings is 1. The maximum atomic E-state index is 11.2. The fraction of sp³-hybridized carbons (Fsp3) is 0.350. The van der Waals surface area contributed by atoms with E-state index in [0.29, 0.717) is 12.4 Å². The van der Waals surface area contributed by atoms with Crippen molar-refractivity contribution < 1.29 is 14.6 Å². The first-order chi connectivity index (χ1) is 12.6. The highest BCUT2D eigenvalue weighted by molar-refractivity contribution is 6.30. The molecular weight excluding hydrogens is 352 g/mol. The Morgan fingerprint density at radius 2 is 1.85 bits per heavy atom. The molecule has 3 rings (SSSR count). The van der Waals surface area contributed by atoms with Gasteiger partial charge in [0, 0.05) is 43.4 Å². The molecule has 0 saturated carbocycles. The maximum absolute atomic E-state index is 11.2. The Morgan fingerprint density at radius 3 is 2.58 bits per heavy atom. The van der Waals surface area contributed by atoms with Crippen LogP contribution in [0.4, 0.5) is 5.69 Å². The smallest absolute Gasteiger partial charge is 0.339 e. The van der Waals surface area contributed by atoms with Crippen LogP contribution in [-0.2, 0) is 0 Å². The molecule has 0 spiro atoms. The molecule has 0 atom stereocenters. The minimum absolute atomic E-state index is 0.211. The molecule has 138 valence electrons. The summed E-state index contributed by atoms with van der Waals surface area (Å²) in [6, 6.07) is 14.7. The molecule has 1 saturated heterocycles. The highest BCUT2D eigenvalue weighted by Crippen LogP contribution is 2.21. The number of aromatic carboxylic acids is 1. The van der Waals surface area contributed by atoms with Crippen LogP contribution in [0.3, 0.4) is 0 Å². The minimum atomic E-state index is -0.960. The van der Waals surface area contributed by atoms with Crippen molar-refractivity contribution in [1.29, 1.82) is 0 Å². The molecule has 1 N–H and O–H groups in total. The Labute approximate surface area is 158 Å². The number of hydrogen-bond acceptors (Lipinski definition) is 4. The van der Waals surface area contributed by atoms with E-state index >= 15 is 0 Å². The summed E-state index contributed by atoms with van der Waals surface area (Å²) in [6.45, 7) is 5.40. The highest BCUT2D eigenvalue weighted by atomic mass is 35.5. The van der Waals surface area contributed by atoms with E-state index in [2.05, 4.69) is 15.9 Å². The summed E-state index contributed by atoms with van der Waals surface area (Å²) in [4.78, 5) is 15.9. The van der Waals surface area contributed by atoms with E-state index in [4.69, 9.17) is 21.4 Å². The monoisotopic (exact) mass is 374 g/mol. The van der Waals surface area contributed by atoms with Crippen molar-refractivity contribution in [2.45, 2.75) is 6.42 Å². The molecule has 1 fully saturated rings. The van der Waals surface area contributed by atoms with Crippen molar-refractivity contribution in [2.24, 2.45) is 0 Å². The van der Waals surface area contributed by atoms with Gasteiger partial charge in [0.05, 0.1) is 6.61 Å². The van der Waals surface area contributed by atoms with Crippen molar-refractivity contribution in [2.75, 3.05) is 44.2 Å². The Kier molecular flexibility index (Phi) is 6.36. The lowest BCUT2D eigenvalue weighted by molar-refractivity contribution is 0.0692. The van der Waals surface area contributed by atoms with Crippen LogP contribution >= 0.6 is 11.6 Å². The van der Waals surface area contributed by atoms with Crippen molar-refractivity contribution in [3.05, 3.63) is 59.1 Å². The first kappa shape index (κ1) is 18.5.